The van der Waals surface area contributed by atoms with Crippen molar-refractivity contribution in [2.24, 2.45) is 0 Å². The number of methoxy groups -OCH3 is 1. The first-order chi connectivity index (χ1) is 5.15. The number of rotatable bonds is 1. The summed E-state index contributed by atoms with van der Waals surface area (Å²) in [5.74, 6) is -0.368. The van der Waals surface area contributed by atoms with Crippen molar-refractivity contribution in [3.63, 3.8) is 0 Å². The molecule has 60 valence electrons. The number of halogens is 2. The number of ether oxygens (including phenoxy) is 1. The predicted molar refractivity (Wildman–Crippen MR) is 47.3 cm³/mol. The van der Waals surface area contributed by atoms with Crippen molar-refractivity contribution < 1.29 is 14.2 Å². The highest BCUT2D eigenvalue weighted by Crippen LogP contribution is 2.27. The largest absolute Gasteiger partial charge is 0.508 e. The first-order valence-electron chi connectivity index (χ1n) is 2.87. The molecule has 0 unspecified atom stereocenters. The van der Waals surface area contributed by atoms with Crippen molar-refractivity contribution >= 4 is 22.6 Å². The molecule has 0 bridgehead atoms. The van der Waals surface area contributed by atoms with Crippen LogP contribution in [0.5, 0.6) is 11.5 Å². The Hall–Kier alpha value is -0.520. The van der Waals surface area contributed by atoms with Crippen LogP contribution in [0.15, 0.2) is 12.1 Å². The van der Waals surface area contributed by atoms with E-state index in [-0.39, 0.29) is 11.5 Å². The molecule has 4 heteroatoms. The lowest BCUT2D eigenvalue weighted by atomic mass is 10.3. The van der Waals surface area contributed by atoms with E-state index in [1.54, 1.807) is 22.6 Å². The Morgan fingerprint density at radius 2 is 2.18 bits per heavy atom. The minimum atomic E-state index is -0.439. The van der Waals surface area contributed by atoms with Crippen LogP contribution in [-0.2, 0) is 0 Å². The number of phenolic OH excluding ortho intramolecular Hbond substituents is 1. The third-order valence-electron chi connectivity index (χ3n) is 1.20. The van der Waals surface area contributed by atoms with E-state index in [2.05, 4.69) is 4.74 Å². The number of hydrogen-bond donors (Lipinski definition) is 1. The Kier molecular flexibility index (Phi) is 2.53. The molecule has 0 saturated carbocycles. The molecule has 11 heavy (non-hydrogen) atoms. The molecule has 0 fully saturated rings. The smallest absolute Gasteiger partial charge is 0.178 e. The average Bonchev–Trinajstić information content (AvgIpc) is 1.96. The fraction of sp³-hybridized carbons (Fsp3) is 0.143. The van der Waals surface area contributed by atoms with Gasteiger partial charge in [-0.2, -0.15) is 0 Å². The van der Waals surface area contributed by atoms with Gasteiger partial charge in [-0.25, -0.2) is 4.39 Å². The minimum absolute atomic E-state index is 0.00708. The SMILES string of the molecule is COc1cc(O)cc(I)c1F. The zero-order valence-electron chi connectivity index (χ0n) is 5.77. The molecule has 0 aliphatic rings. The Morgan fingerprint density at radius 3 is 2.73 bits per heavy atom. The van der Waals surface area contributed by atoms with Gasteiger partial charge >= 0.3 is 0 Å². The fourth-order valence-electron chi connectivity index (χ4n) is 0.699. The van der Waals surface area contributed by atoms with Crippen molar-refractivity contribution in [1.82, 2.24) is 0 Å². The zero-order chi connectivity index (χ0) is 8.43. The predicted octanol–water partition coefficient (Wildman–Crippen LogP) is 2.14. The standard InChI is InChI=1S/C7H6FIO2/c1-11-6-3-4(10)2-5(9)7(6)8/h2-3,10H,1H3. The number of hydrogen-bond acceptors (Lipinski definition) is 2. The van der Waals surface area contributed by atoms with E-state index in [4.69, 9.17) is 5.11 Å². The molecule has 1 aromatic carbocycles. The normalized spacial score (nSPS) is 9.73. The number of phenols is 1. The van der Waals surface area contributed by atoms with Gasteiger partial charge in [-0.05, 0) is 28.7 Å². The van der Waals surface area contributed by atoms with Crippen LogP contribution in [0.25, 0.3) is 0 Å². The summed E-state index contributed by atoms with van der Waals surface area (Å²) < 4.78 is 18.0. The lowest BCUT2D eigenvalue weighted by Crippen LogP contribution is -1.90. The lowest BCUT2D eigenvalue weighted by molar-refractivity contribution is 0.378. The van der Waals surface area contributed by atoms with Gasteiger partial charge < -0.3 is 9.84 Å². The summed E-state index contributed by atoms with van der Waals surface area (Å²) in [6.07, 6.45) is 0. The van der Waals surface area contributed by atoms with E-state index in [1.165, 1.54) is 19.2 Å². The van der Waals surface area contributed by atoms with Crippen LogP contribution < -0.4 is 4.74 Å². The number of benzene rings is 1. The second-order valence-electron chi connectivity index (χ2n) is 1.94. The van der Waals surface area contributed by atoms with Gasteiger partial charge in [-0.3, -0.25) is 0 Å². The van der Waals surface area contributed by atoms with Crippen molar-refractivity contribution in [1.29, 1.82) is 0 Å². The van der Waals surface area contributed by atoms with E-state index in [9.17, 15) is 4.39 Å². The first kappa shape index (κ1) is 8.58. The van der Waals surface area contributed by atoms with Crippen LogP contribution >= 0.6 is 22.6 Å². The number of aromatic hydroxyl groups is 1. The molecule has 0 aromatic heterocycles. The van der Waals surface area contributed by atoms with Gasteiger partial charge in [0, 0.05) is 6.07 Å². The summed E-state index contributed by atoms with van der Waals surface area (Å²) in [6, 6.07) is 2.57. The Labute approximate surface area is 77.1 Å². The van der Waals surface area contributed by atoms with E-state index in [0.29, 0.717) is 3.57 Å². The molecule has 0 saturated heterocycles. The van der Waals surface area contributed by atoms with Crippen molar-refractivity contribution in [2.45, 2.75) is 0 Å². The van der Waals surface area contributed by atoms with Crippen molar-refractivity contribution in [3.8, 4) is 11.5 Å². The molecule has 1 aromatic rings. The molecule has 0 radical (unpaired) electrons. The lowest BCUT2D eigenvalue weighted by Gasteiger charge is -2.03. The summed E-state index contributed by atoms with van der Waals surface area (Å²) in [5.41, 5.74) is 0. The summed E-state index contributed by atoms with van der Waals surface area (Å²) in [4.78, 5) is 0. The van der Waals surface area contributed by atoms with E-state index in [1.807, 2.05) is 0 Å². The highest BCUT2D eigenvalue weighted by molar-refractivity contribution is 14.1. The summed E-state index contributed by atoms with van der Waals surface area (Å²) in [7, 11) is 1.36. The topological polar surface area (TPSA) is 29.5 Å². The van der Waals surface area contributed by atoms with E-state index >= 15 is 0 Å². The third-order valence-corrected chi connectivity index (χ3v) is 1.98. The molecule has 0 heterocycles. The maximum atomic E-state index is 12.9. The van der Waals surface area contributed by atoms with Gasteiger partial charge in [0.25, 0.3) is 0 Å². The van der Waals surface area contributed by atoms with Crippen molar-refractivity contribution in [2.75, 3.05) is 7.11 Å². The molecule has 2 nitrogen and oxygen atoms in total. The van der Waals surface area contributed by atoms with Crippen LogP contribution in [-0.4, -0.2) is 12.2 Å². The third kappa shape index (κ3) is 1.74. The van der Waals surface area contributed by atoms with E-state index in [0.717, 1.165) is 0 Å². The van der Waals surface area contributed by atoms with Gasteiger partial charge in [0.2, 0.25) is 0 Å². The molecule has 0 aliphatic carbocycles. The molecular weight excluding hydrogens is 262 g/mol. The van der Waals surface area contributed by atoms with Crippen LogP contribution in [0.4, 0.5) is 4.39 Å². The Morgan fingerprint density at radius 1 is 1.55 bits per heavy atom. The maximum absolute atomic E-state index is 12.9. The molecule has 0 spiro atoms. The zero-order valence-corrected chi connectivity index (χ0v) is 7.92. The monoisotopic (exact) mass is 268 g/mol. The second kappa shape index (κ2) is 3.25. The van der Waals surface area contributed by atoms with Crippen LogP contribution in [0, 0.1) is 9.39 Å². The summed E-state index contributed by atoms with van der Waals surface area (Å²) in [6.45, 7) is 0. The average molecular weight is 268 g/mol. The fourth-order valence-corrected chi connectivity index (χ4v) is 1.28. The Bertz CT molecular complexity index is 275. The van der Waals surface area contributed by atoms with Crippen LogP contribution in [0.3, 0.4) is 0 Å². The van der Waals surface area contributed by atoms with Crippen molar-refractivity contribution in [3.05, 3.63) is 21.5 Å². The van der Waals surface area contributed by atoms with Gasteiger partial charge in [0.1, 0.15) is 5.75 Å². The molecule has 1 N–H and O–H groups in total. The van der Waals surface area contributed by atoms with Crippen LogP contribution in [0.2, 0.25) is 0 Å². The van der Waals surface area contributed by atoms with Crippen LogP contribution in [0.1, 0.15) is 0 Å². The minimum Gasteiger partial charge on any atom is -0.508 e. The second-order valence-corrected chi connectivity index (χ2v) is 3.11. The highest BCUT2D eigenvalue weighted by Gasteiger charge is 2.07. The molecule has 0 atom stereocenters. The Balaban J connectivity index is 3.24. The van der Waals surface area contributed by atoms with Gasteiger partial charge in [-0.1, -0.05) is 0 Å². The van der Waals surface area contributed by atoms with E-state index < -0.39 is 5.82 Å². The molecule has 0 aliphatic heterocycles. The molecule has 0 amide bonds. The summed E-state index contributed by atoms with van der Waals surface area (Å²) in [5, 5.41) is 9.00. The highest BCUT2D eigenvalue weighted by atomic mass is 127. The molecular formula is C7H6FIO2. The summed E-state index contributed by atoms with van der Waals surface area (Å²) >= 11 is 1.78. The quantitative estimate of drug-likeness (QED) is 0.791. The maximum Gasteiger partial charge on any atom is 0.178 e. The van der Waals surface area contributed by atoms with Gasteiger partial charge in [0.15, 0.2) is 11.6 Å². The first-order valence-corrected chi connectivity index (χ1v) is 3.95. The molecule has 1 rings (SSSR count). The van der Waals surface area contributed by atoms with Gasteiger partial charge in [0.05, 0.1) is 10.7 Å². The van der Waals surface area contributed by atoms with Gasteiger partial charge in [-0.15, -0.1) is 0 Å².